The van der Waals surface area contributed by atoms with Crippen LogP contribution < -0.4 is 5.56 Å². The van der Waals surface area contributed by atoms with E-state index in [1.807, 2.05) is 24.3 Å². The van der Waals surface area contributed by atoms with Crippen LogP contribution in [0.5, 0.6) is 0 Å². The zero-order chi connectivity index (χ0) is 14.7. The van der Waals surface area contributed by atoms with Crippen molar-refractivity contribution in [1.29, 1.82) is 0 Å². The highest BCUT2D eigenvalue weighted by atomic mass is 16.1. The number of carbonyl (C=O) groups is 1. The van der Waals surface area contributed by atoms with Crippen molar-refractivity contribution in [2.24, 2.45) is 0 Å². The Balaban J connectivity index is 2.17. The molecule has 0 amide bonds. The largest absolute Gasteiger partial charge is 0.292 e. The summed E-state index contributed by atoms with van der Waals surface area (Å²) < 4.78 is 1.33. The number of ketones is 1. The van der Waals surface area contributed by atoms with Gasteiger partial charge in [0.1, 0.15) is 0 Å². The zero-order valence-corrected chi connectivity index (χ0v) is 12.0. The SMILES string of the molecule is Cc1cc(=O)n(CC(=O)c2ccc(C(C)C)cc2)cn1. The number of carbonyl (C=O) groups excluding carboxylic acids is 1. The molecule has 4 heteroatoms. The number of hydrogen-bond donors (Lipinski definition) is 0. The average molecular weight is 270 g/mol. The van der Waals surface area contributed by atoms with Crippen molar-refractivity contribution in [1.82, 2.24) is 9.55 Å². The lowest BCUT2D eigenvalue weighted by Crippen LogP contribution is -2.24. The van der Waals surface area contributed by atoms with Gasteiger partial charge in [-0.15, -0.1) is 0 Å². The number of aromatic nitrogens is 2. The second-order valence-electron chi connectivity index (χ2n) is 5.20. The minimum Gasteiger partial charge on any atom is -0.292 e. The first-order valence-corrected chi connectivity index (χ1v) is 6.63. The number of hydrogen-bond acceptors (Lipinski definition) is 3. The molecule has 2 rings (SSSR count). The molecule has 0 spiro atoms. The van der Waals surface area contributed by atoms with E-state index in [1.165, 1.54) is 22.5 Å². The summed E-state index contributed by atoms with van der Waals surface area (Å²) in [4.78, 5) is 27.9. The molecule has 0 saturated heterocycles. The van der Waals surface area contributed by atoms with E-state index in [4.69, 9.17) is 0 Å². The molecule has 20 heavy (non-hydrogen) atoms. The maximum atomic E-state index is 12.1. The van der Waals surface area contributed by atoms with Gasteiger partial charge in [-0.3, -0.25) is 14.2 Å². The Bertz CT molecular complexity index is 670. The van der Waals surface area contributed by atoms with E-state index in [0.29, 0.717) is 17.2 Å². The van der Waals surface area contributed by atoms with Crippen molar-refractivity contribution in [3.05, 3.63) is 63.8 Å². The third-order valence-electron chi connectivity index (χ3n) is 3.23. The van der Waals surface area contributed by atoms with Crippen LogP contribution in [-0.2, 0) is 6.54 Å². The van der Waals surface area contributed by atoms with E-state index >= 15 is 0 Å². The van der Waals surface area contributed by atoms with E-state index in [2.05, 4.69) is 18.8 Å². The summed E-state index contributed by atoms with van der Waals surface area (Å²) in [5.74, 6) is 0.344. The van der Waals surface area contributed by atoms with Gasteiger partial charge in [0.25, 0.3) is 5.56 Å². The molecule has 1 aromatic carbocycles. The minimum absolute atomic E-state index is 0.0210. The van der Waals surface area contributed by atoms with Gasteiger partial charge in [-0.2, -0.15) is 0 Å². The second-order valence-corrected chi connectivity index (χ2v) is 5.20. The van der Waals surface area contributed by atoms with Crippen LogP contribution in [0.15, 0.2) is 41.5 Å². The standard InChI is InChI=1S/C16H18N2O2/c1-11(2)13-4-6-14(7-5-13)15(19)9-18-10-17-12(3)8-16(18)20/h4-8,10-11H,9H2,1-3H3. The highest BCUT2D eigenvalue weighted by Gasteiger charge is 2.09. The second kappa shape index (κ2) is 5.82. The fraction of sp³-hybridized carbons (Fsp3) is 0.312. The number of nitrogens with zero attached hydrogens (tertiary/aromatic N) is 2. The van der Waals surface area contributed by atoms with Crippen molar-refractivity contribution in [3.63, 3.8) is 0 Å². The zero-order valence-electron chi connectivity index (χ0n) is 12.0. The molecule has 2 aromatic rings. The Labute approximate surface area is 118 Å². The maximum absolute atomic E-state index is 12.1. The molecule has 0 atom stereocenters. The van der Waals surface area contributed by atoms with E-state index < -0.39 is 0 Å². The summed E-state index contributed by atoms with van der Waals surface area (Å²) in [5.41, 5.74) is 2.25. The molecule has 0 N–H and O–H groups in total. The molecule has 0 aliphatic carbocycles. The summed E-state index contributed by atoms with van der Waals surface area (Å²) in [6.07, 6.45) is 1.41. The topological polar surface area (TPSA) is 52.0 Å². The smallest absolute Gasteiger partial charge is 0.253 e. The van der Waals surface area contributed by atoms with Gasteiger partial charge >= 0.3 is 0 Å². The summed E-state index contributed by atoms with van der Waals surface area (Å²) >= 11 is 0. The van der Waals surface area contributed by atoms with Crippen LogP contribution in [0.25, 0.3) is 0 Å². The summed E-state index contributed by atoms with van der Waals surface area (Å²) in [5, 5.41) is 0. The molecular weight excluding hydrogens is 252 g/mol. The van der Waals surface area contributed by atoms with E-state index in [0.717, 1.165) is 0 Å². The molecular formula is C16H18N2O2. The predicted octanol–water partition coefficient (Wildman–Crippen LogP) is 2.56. The van der Waals surface area contributed by atoms with Gasteiger partial charge in [0.2, 0.25) is 0 Å². The number of rotatable bonds is 4. The summed E-state index contributed by atoms with van der Waals surface area (Å²) in [6.45, 7) is 5.98. The normalized spacial score (nSPS) is 10.8. The molecule has 1 aromatic heterocycles. The lowest BCUT2D eigenvalue weighted by molar-refractivity contribution is 0.0970. The Morgan fingerprint density at radius 3 is 2.45 bits per heavy atom. The van der Waals surface area contributed by atoms with Crippen LogP contribution in [0.4, 0.5) is 0 Å². The highest BCUT2D eigenvalue weighted by Crippen LogP contribution is 2.15. The number of Topliss-reactive ketones (excluding diaryl/α,β-unsaturated/α-hetero) is 1. The Hall–Kier alpha value is -2.23. The van der Waals surface area contributed by atoms with Crippen molar-refractivity contribution < 1.29 is 4.79 Å². The van der Waals surface area contributed by atoms with E-state index in [-0.39, 0.29) is 17.9 Å². The first-order valence-electron chi connectivity index (χ1n) is 6.63. The fourth-order valence-corrected chi connectivity index (χ4v) is 1.94. The third kappa shape index (κ3) is 3.20. The fourth-order valence-electron chi connectivity index (χ4n) is 1.94. The van der Waals surface area contributed by atoms with Gasteiger partial charge in [0.05, 0.1) is 12.9 Å². The molecule has 0 saturated carbocycles. The van der Waals surface area contributed by atoms with Crippen LogP contribution in [-0.4, -0.2) is 15.3 Å². The molecule has 0 radical (unpaired) electrons. The van der Waals surface area contributed by atoms with Gasteiger partial charge in [0.15, 0.2) is 5.78 Å². The molecule has 0 aliphatic heterocycles. The molecule has 1 heterocycles. The summed E-state index contributed by atoms with van der Waals surface area (Å²) in [6, 6.07) is 8.95. The third-order valence-corrected chi connectivity index (χ3v) is 3.23. The first-order chi connectivity index (χ1) is 9.47. The van der Waals surface area contributed by atoms with Crippen LogP contribution in [0, 0.1) is 6.92 Å². The van der Waals surface area contributed by atoms with Crippen molar-refractivity contribution in [2.75, 3.05) is 0 Å². The number of aryl methyl sites for hydroxylation is 1. The van der Waals surface area contributed by atoms with Crippen molar-refractivity contribution >= 4 is 5.78 Å². The van der Waals surface area contributed by atoms with Gasteiger partial charge in [0, 0.05) is 17.3 Å². The highest BCUT2D eigenvalue weighted by molar-refractivity contribution is 5.95. The molecule has 0 unspecified atom stereocenters. The Morgan fingerprint density at radius 1 is 1.25 bits per heavy atom. The van der Waals surface area contributed by atoms with Crippen molar-refractivity contribution in [2.45, 2.75) is 33.2 Å². The molecule has 0 fully saturated rings. The monoisotopic (exact) mass is 270 g/mol. The van der Waals surface area contributed by atoms with Gasteiger partial charge in [-0.05, 0) is 18.4 Å². The minimum atomic E-state index is -0.204. The molecule has 0 bridgehead atoms. The molecule has 4 nitrogen and oxygen atoms in total. The lowest BCUT2D eigenvalue weighted by atomic mass is 10.0. The Morgan fingerprint density at radius 2 is 1.90 bits per heavy atom. The Kier molecular flexibility index (Phi) is 4.13. The van der Waals surface area contributed by atoms with Crippen LogP contribution in [0.2, 0.25) is 0 Å². The maximum Gasteiger partial charge on any atom is 0.253 e. The number of benzene rings is 1. The quantitative estimate of drug-likeness (QED) is 0.802. The average Bonchev–Trinajstić information content (AvgIpc) is 2.42. The lowest BCUT2D eigenvalue weighted by Gasteiger charge is -2.07. The van der Waals surface area contributed by atoms with Gasteiger partial charge < -0.3 is 0 Å². The molecule has 104 valence electrons. The van der Waals surface area contributed by atoms with E-state index in [9.17, 15) is 9.59 Å². The van der Waals surface area contributed by atoms with Gasteiger partial charge in [-0.25, -0.2) is 4.98 Å². The van der Waals surface area contributed by atoms with Crippen LogP contribution >= 0.6 is 0 Å². The van der Waals surface area contributed by atoms with Crippen molar-refractivity contribution in [3.8, 4) is 0 Å². The van der Waals surface area contributed by atoms with Crippen LogP contribution in [0.3, 0.4) is 0 Å². The first kappa shape index (κ1) is 14.2. The van der Waals surface area contributed by atoms with E-state index in [1.54, 1.807) is 6.92 Å². The summed E-state index contributed by atoms with van der Waals surface area (Å²) in [7, 11) is 0. The predicted molar refractivity (Wildman–Crippen MR) is 78.1 cm³/mol. The molecule has 0 aliphatic rings. The van der Waals surface area contributed by atoms with Gasteiger partial charge in [-0.1, -0.05) is 38.1 Å². The van der Waals surface area contributed by atoms with Crippen LogP contribution in [0.1, 0.15) is 41.4 Å².